The molecule has 0 aromatic heterocycles. The van der Waals surface area contributed by atoms with Crippen molar-refractivity contribution in [2.45, 2.75) is 45.7 Å². The molecule has 1 fully saturated rings. The fraction of sp³-hybridized carbons (Fsp3) is 0.684. The molecular weight excluding hydrogens is 288 g/mol. The van der Waals surface area contributed by atoms with E-state index in [1.165, 1.54) is 18.4 Å². The van der Waals surface area contributed by atoms with Crippen LogP contribution in [0, 0.1) is 0 Å². The van der Waals surface area contributed by atoms with Crippen molar-refractivity contribution < 1.29 is 9.47 Å². The Morgan fingerprint density at radius 1 is 1.13 bits per heavy atom. The molecule has 0 spiro atoms. The van der Waals surface area contributed by atoms with E-state index in [4.69, 9.17) is 9.47 Å². The van der Waals surface area contributed by atoms with E-state index in [0.717, 1.165) is 43.7 Å². The quantitative estimate of drug-likeness (QED) is 0.767. The predicted molar refractivity (Wildman–Crippen MR) is 95.5 cm³/mol. The SMILES string of the molecule is CCN(CC)C1CCN(C(C)c2cc(OC)ccc2OC)CC1. The van der Waals surface area contributed by atoms with E-state index in [2.05, 4.69) is 36.6 Å². The topological polar surface area (TPSA) is 24.9 Å². The van der Waals surface area contributed by atoms with Gasteiger partial charge in [-0.2, -0.15) is 0 Å². The molecule has 0 radical (unpaired) electrons. The van der Waals surface area contributed by atoms with Crippen LogP contribution >= 0.6 is 0 Å². The Bertz CT molecular complexity index is 480. The van der Waals surface area contributed by atoms with Crippen molar-refractivity contribution in [2.24, 2.45) is 0 Å². The zero-order valence-electron chi connectivity index (χ0n) is 15.3. The number of rotatable bonds is 7. The largest absolute Gasteiger partial charge is 0.497 e. The zero-order chi connectivity index (χ0) is 16.8. The third kappa shape index (κ3) is 4.18. The van der Waals surface area contributed by atoms with Gasteiger partial charge in [-0.1, -0.05) is 13.8 Å². The van der Waals surface area contributed by atoms with E-state index in [-0.39, 0.29) is 0 Å². The standard InChI is InChI=1S/C19H32N2O2/c1-6-20(7-2)16-10-12-21(13-11-16)15(3)18-14-17(22-4)8-9-19(18)23-5/h8-9,14-16H,6-7,10-13H2,1-5H3. The second-order valence-corrected chi connectivity index (χ2v) is 6.27. The summed E-state index contributed by atoms with van der Waals surface area (Å²) >= 11 is 0. The Labute approximate surface area is 141 Å². The minimum Gasteiger partial charge on any atom is -0.497 e. The molecule has 23 heavy (non-hydrogen) atoms. The lowest BCUT2D eigenvalue weighted by Gasteiger charge is -2.40. The summed E-state index contributed by atoms with van der Waals surface area (Å²) in [6, 6.07) is 7.16. The molecule has 1 aliphatic heterocycles. The Kier molecular flexibility index (Phi) is 6.72. The third-order valence-corrected chi connectivity index (χ3v) is 5.26. The van der Waals surface area contributed by atoms with Gasteiger partial charge in [-0.25, -0.2) is 0 Å². The van der Waals surface area contributed by atoms with Crippen LogP contribution in [0.5, 0.6) is 11.5 Å². The highest BCUT2D eigenvalue weighted by Gasteiger charge is 2.27. The molecule has 2 rings (SSSR count). The van der Waals surface area contributed by atoms with Gasteiger partial charge in [0.2, 0.25) is 0 Å². The number of hydrogen-bond acceptors (Lipinski definition) is 4. The van der Waals surface area contributed by atoms with Gasteiger partial charge in [0.25, 0.3) is 0 Å². The van der Waals surface area contributed by atoms with Gasteiger partial charge in [0, 0.05) is 30.7 Å². The maximum absolute atomic E-state index is 5.56. The molecule has 1 aromatic rings. The van der Waals surface area contributed by atoms with Crippen LogP contribution in [0.4, 0.5) is 0 Å². The molecule has 4 heteroatoms. The van der Waals surface area contributed by atoms with Crippen LogP contribution in [0.2, 0.25) is 0 Å². The lowest BCUT2D eigenvalue weighted by Crippen LogP contribution is -2.45. The molecule has 1 aromatic carbocycles. The van der Waals surface area contributed by atoms with Crippen LogP contribution in [0.15, 0.2) is 18.2 Å². The molecule has 0 amide bonds. The van der Waals surface area contributed by atoms with E-state index >= 15 is 0 Å². The maximum atomic E-state index is 5.56. The summed E-state index contributed by atoms with van der Waals surface area (Å²) in [5.74, 6) is 1.84. The Balaban J connectivity index is 2.06. The monoisotopic (exact) mass is 320 g/mol. The number of methoxy groups -OCH3 is 2. The van der Waals surface area contributed by atoms with Crippen molar-refractivity contribution in [2.75, 3.05) is 40.4 Å². The Hall–Kier alpha value is -1.26. The highest BCUT2D eigenvalue weighted by atomic mass is 16.5. The molecule has 0 saturated carbocycles. The molecule has 1 saturated heterocycles. The first-order valence-electron chi connectivity index (χ1n) is 8.84. The van der Waals surface area contributed by atoms with E-state index in [0.29, 0.717) is 6.04 Å². The summed E-state index contributed by atoms with van der Waals surface area (Å²) in [4.78, 5) is 5.16. The number of benzene rings is 1. The van der Waals surface area contributed by atoms with E-state index < -0.39 is 0 Å². The molecule has 0 N–H and O–H groups in total. The molecule has 130 valence electrons. The number of likely N-dealkylation sites (tertiary alicyclic amines) is 1. The zero-order valence-corrected chi connectivity index (χ0v) is 15.3. The number of nitrogens with zero attached hydrogens (tertiary/aromatic N) is 2. The van der Waals surface area contributed by atoms with Crippen LogP contribution in [-0.4, -0.2) is 56.2 Å². The average Bonchev–Trinajstić information content (AvgIpc) is 2.62. The number of piperidine rings is 1. The van der Waals surface area contributed by atoms with Gasteiger partial charge in [-0.15, -0.1) is 0 Å². The summed E-state index contributed by atoms with van der Waals surface area (Å²) in [6.45, 7) is 11.4. The molecule has 1 unspecified atom stereocenters. The third-order valence-electron chi connectivity index (χ3n) is 5.26. The van der Waals surface area contributed by atoms with Crippen LogP contribution in [-0.2, 0) is 0 Å². The average molecular weight is 320 g/mol. The summed E-state index contributed by atoms with van der Waals surface area (Å²) in [6.07, 6.45) is 2.50. The second-order valence-electron chi connectivity index (χ2n) is 6.27. The minimum absolute atomic E-state index is 0.345. The Morgan fingerprint density at radius 2 is 1.78 bits per heavy atom. The maximum Gasteiger partial charge on any atom is 0.123 e. The fourth-order valence-electron chi connectivity index (χ4n) is 3.74. The molecule has 4 nitrogen and oxygen atoms in total. The predicted octanol–water partition coefficient (Wildman–Crippen LogP) is 3.57. The summed E-state index contributed by atoms with van der Waals surface area (Å²) < 4.78 is 10.9. The number of hydrogen-bond donors (Lipinski definition) is 0. The van der Waals surface area contributed by atoms with Crippen LogP contribution in [0.25, 0.3) is 0 Å². The van der Waals surface area contributed by atoms with Crippen molar-refractivity contribution in [3.05, 3.63) is 23.8 Å². The van der Waals surface area contributed by atoms with Crippen molar-refractivity contribution in [1.29, 1.82) is 0 Å². The lowest BCUT2D eigenvalue weighted by atomic mass is 9.98. The van der Waals surface area contributed by atoms with Crippen molar-refractivity contribution >= 4 is 0 Å². The van der Waals surface area contributed by atoms with Gasteiger partial charge in [0.05, 0.1) is 14.2 Å². The van der Waals surface area contributed by atoms with Gasteiger partial charge in [-0.3, -0.25) is 4.90 Å². The lowest BCUT2D eigenvalue weighted by molar-refractivity contribution is 0.0930. The molecular formula is C19H32N2O2. The minimum atomic E-state index is 0.345. The molecule has 1 atom stereocenters. The van der Waals surface area contributed by atoms with E-state index in [1.807, 2.05) is 12.1 Å². The normalized spacial score (nSPS) is 18.2. The van der Waals surface area contributed by atoms with Crippen LogP contribution < -0.4 is 9.47 Å². The molecule has 1 aliphatic rings. The van der Waals surface area contributed by atoms with Gasteiger partial charge in [0.15, 0.2) is 0 Å². The number of ether oxygens (including phenoxy) is 2. The smallest absolute Gasteiger partial charge is 0.123 e. The Morgan fingerprint density at radius 3 is 2.30 bits per heavy atom. The summed E-state index contributed by atoms with van der Waals surface area (Å²) in [7, 11) is 3.45. The molecule has 0 aliphatic carbocycles. The van der Waals surface area contributed by atoms with Gasteiger partial charge >= 0.3 is 0 Å². The van der Waals surface area contributed by atoms with Crippen molar-refractivity contribution in [3.8, 4) is 11.5 Å². The van der Waals surface area contributed by atoms with Crippen LogP contribution in [0.3, 0.4) is 0 Å². The van der Waals surface area contributed by atoms with Crippen molar-refractivity contribution in [3.63, 3.8) is 0 Å². The summed E-state index contributed by atoms with van der Waals surface area (Å²) in [5.41, 5.74) is 1.22. The highest BCUT2D eigenvalue weighted by Crippen LogP contribution is 2.34. The van der Waals surface area contributed by atoms with E-state index in [1.54, 1.807) is 14.2 Å². The van der Waals surface area contributed by atoms with Gasteiger partial charge in [0.1, 0.15) is 11.5 Å². The van der Waals surface area contributed by atoms with Crippen molar-refractivity contribution in [1.82, 2.24) is 9.80 Å². The first-order chi connectivity index (χ1) is 11.1. The van der Waals surface area contributed by atoms with Gasteiger partial charge in [-0.05, 0) is 51.1 Å². The second kappa shape index (κ2) is 8.55. The van der Waals surface area contributed by atoms with E-state index in [9.17, 15) is 0 Å². The first-order valence-corrected chi connectivity index (χ1v) is 8.84. The highest BCUT2D eigenvalue weighted by molar-refractivity contribution is 5.42. The van der Waals surface area contributed by atoms with Crippen LogP contribution in [0.1, 0.15) is 45.2 Å². The molecule has 1 heterocycles. The van der Waals surface area contributed by atoms with Gasteiger partial charge < -0.3 is 14.4 Å². The molecule has 0 bridgehead atoms. The fourth-order valence-corrected chi connectivity index (χ4v) is 3.74. The summed E-state index contributed by atoms with van der Waals surface area (Å²) in [5, 5.41) is 0. The first kappa shape index (κ1) is 18.1.